The zero-order valence-electron chi connectivity index (χ0n) is 11.1. The number of nitrogens with one attached hydrogen (secondary N) is 2. The van der Waals surface area contributed by atoms with Gasteiger partial charge in [-0.2, -0.15) is 0 Å². The SMILES string of the molecule is CCOC(=O)CCCNCC(=O)NCc1cccs1. The fraction of sp³-hybridized carbons (Fsp3) is 0.538. The fourth-order valence-corrected chi connectivity index (χ4v) is 2.10. The maximum Gasteiger partial charge on any atom is 0.305 e. The van der Waals surface area contributed by atoms with Gasteiger partial charge in [0.1, 0.15) is 0 Å². The summed E-state index contributed by atoms with van der Waals surface area (Å²) in [6, 6.07) is 3.94. The van der Waals surface area contributed by atoms with Crippen LogP contribution < -0.4 is 10.6 Å². The van der Waals surface area contributed by atoms with Gasteiger partial charge in [0.05, 0.1) is 19.7 Å². The van der Waals surface area contributed by atoms with E-state index in [9.17, 15) is 9.59 Å². The van der Waals surface area contributed by atoms with Crippen molar-refractivity contribution in [2.75, 3.05) is 19.7 Å². The predicted molar refractivity (Wildman–Crippen MR) is 74.9 cm³/mol. The van der Waals surface area contributed by atoms with Gasteiger partial charge in [0.15, 0.2) is 0 Å². The molecule has 106 valence electrons. The lowest BCUT2D eigenvalue weighted by Crippen LogP contribution is -2.33. The Morgan fingerprint density at radius 2 is 2.26 bits per heavy atom. The van der Waals surface area contributed by atoms with Crippen LogP contribution in [-0.2, 0) is 20.9 Å². The number of hydrogen-bond acceptors (Lipinski definition) is 5. The summed E-state index contributed by atoms with van der Waals surface area (Å²) in [6.07, 6.45) is 1.06. The van der Waals surface area contributed by atoms with E-state index in [1.165, 1.54) is 0 Å². The Bertz CT molecular complexity index is 379. The Balaban J connectivity index is 1.97. The molecule has 0 aliphatic heterocycles. The molecule has 0 fully saturated rings. The predicted octanol–water partition coefficient (Wildman–Crippen LogP) is 1.30. The molecule has 1 amide bonds. The summed E-state index contributed by atoms with van der Waals surface area (Å²) in [5.41, 5.74) is 0. The van der Waals surface area contributed by atoms with Crippen molar-refractivity contribution in [1.82, 2.24) is 10.6 Å². The highest BCUT2D eigenvalue weighted by atomic mass is 32.1. The number of carbonyl (C=O) groups excluding carboxylic acids is 2. The second-order valence-electron chi connectivity index (χ2n) is 3.94. The summed E-state index contributed by atoms with van der Waals surface area (Å²) in [4.78, 5) is 23.7. The quantitative estimate of drug-likeness (QED) is 0.530. The molecule has 19 heavy (non-hydrogen) atoms. The molecule has 0 atom stereocenters. The molecule has 6 heteroatoms. The lowest BCUT2D eigenvalue weighted by atomic mass is 10.3. The van der Waals surface area contributed by atoms with Crippen LogP contribution in [0.25, 0.3) is 0 Å². The molecule has 1 heterocycles. The van der Waals surface area contributed by atoms with E-state index >= 15 is 0 Å². The second kappa shape index (κ2) is 9.52. The molecule has 1 aromatic rings. The first-order valence-electron chi connectivity index (χ1n) is 6.37. The van der Waals surface area contributed by atoms with Crippen LogP contribution in [0.15, 0.2) is 17.5 Å². The van der Waals surface area contributed by atoms with Crippen molar-refractivity contribution in [2.45, 2.75) is 26.3 Å². The molecule has 1 rings (SSSR count). The third kappa shape index (κ3) is 7.58. The third-order valence-corrected chi connectivity index (χ3v) is 3.24. The molecule has 0 aliphatic carbocycles. The minimum Gasteiger partial charge on any atom is -0.466 e. The normalized spacial score (nSPS) is 10.2. The number of rotatable bonds is 9. The van der Waals surface area contributed by atoms with Crippen molar-refractivity contribution in [3.05, 3.63) is 22.4 Å². The smallest absolute Gasteiger partial charge is 0.305 e. The highest BCUT2D eigenvalue weighted by Crippen LogP contribution is 2.06. The molecular weight excluding hydrogens is 264 g/mol. The highest BCUT2D eigenvalue weighted by Gasteiger charge is 2.03. The number of carbonyl (C=O) groups is 2. The van der Waals surface area contributed by atoms with Crippen molar-refractivity contribution < 1.29 is 14.3 Å². The van der Waals surface area contributed by atoms with Gasteiger partial charge in [0.25, 0.3) is 0 Å². The Morgan fingerprint density at radius 1 is 1.42 bits per heavy atom. The maximum atomic E-state index is 11.5. The zero-order chi connectivity index (χ0) is 13.9. The summed E-state index contributed by atoms with van der Waals surface area (Å²) in [5.74, 6) is -0.226. The number of hydrogen-bond donors (Lipinski definition) is 2. The molecule has 0 unspecified atom stereocenters. The molecule has 0 spiro atoms. The molecule has 2 N–H and O–H groups in total. The van der Waals surface area contributed by atoms with E-state index in [-0.39, 0.29) is 18.4 Å². The molecule has 5 nitrogen and oxygen atoms in total. The van der Waals surface area contributed by atoms with E-state index in [1.54, 1.807) is 18.3 Å². The van der Waals surface area contributed by atoms with Crippen LogP contribution in [0.1, 0.15) is 24.6 Å². The lowest BCUT2D eigenvalue weighted by molar-refractivity contribution is -0.143. The highest BCUT2D eigenvalue weighted by molar-refractivity contribution is 7.09. The van der Waals surface area contributed by atoms with Crippen molar-refractivity contribution in [1.29, 1.82) is 0 Å². The van der Waals surface area contributed by atoms with Crippen LogP contribution in [0.2, 0.25) is 0 Å². The first-order valence-corrected chi connectivity index (χ1v) is 7.25. The average Bonchev–Trinajstić information content (AvgIpc) is 2.89. The second-order valence-corrected chi connectivity index (χ2v) is 4.97. The van der Waals surface area contributed by atoms with Gasteiger partial charge in [-0.25, -0.2) is 0 Å². The summed E-state index contributed by atoms with van der Waals surface area (Å²) in [7, 11) is 0. The monoisotopic (exact) mass is 284 g/mol. The molecular formula is C13H20N2O3S. The summed E-state index contributed by atoms with van der Waals surface area (Å²) < 4.78 is 4.80. The van der Waals surface area contributed by atoms with Crippen LogP contribution in [0, 0.1) is 0 Å². The van der Waals surface area contributed by atoms with Gasteiger partial charge in [0, 0.05) is 11.3 Å². The lowest BCUT2D eigenvalue weighted by Gasteiger charge is -2.05. The molecule has 0 saturated carbocycles. The van der Waals surface area contributed by atoms with Gasteiger partial charge in [-0.3, -0.25) is 9.59 Å². The van der Waals surface area contributed by atoms with Crippen LogP contribution >= 0.6 is 11.3 Å². The molecule has 0 radical (unpaired) electrons. The fourth-order valence-electron chi connectivity index (χ4n) is 1.45. The van der Waals surface area contributed by atoms with Gasteiger partial charge in [-0.15, -0.1) is 11.3 Å². The standard InChI is InChI=1S/C13H20N2O3S/c1-2-18-13(17)6-3-7-14-10-12(16)15-9-11-5-4-8-19-11/h4-5,8,14H,2-3,6-7,9-10H2,1H3,(H,15,16). The first-order chi connectivity index (χ1) is 9.22. The van der Waals surface area contributed by atoms with Gasteiger partial charge in [-0.05, 0) is 31.3 Å². The summed E-state index contributed by atoms with van der Waals surface area (Å²) in [6.45, 7) is 3.67. The Labute approximate surface area is 117 Å². The molecule has 0 saturated heterocycles. The van der Waals surface area contributed by atoms with E-state index in [0.29, 0.717) is 32.5 Å². The van der Waals surface area contributed by atoms with E-state index in [0.717, 1.165) is 4.88 Å². The zero-order valence-corrected chi connectivity index (χ0v) is 11.9. The largest absolute Gasteiger partial charge is 0.466 e. The number of esters is 1. The number of ether oxygens (including phenoxy) is 1. The first kappa shape index (κ1) is 15.7. The van der Waals surface area contributed by atoms with Crippen molar-refractivity contribution in [3.63, 3.8) is 0 Å². The van der Waals surface area contributed by atoms with Crippen molar-refractivity contribution >= 4 is 23.2 Å². The Kier molecular flexibility index (Phi) is 7.84. The summed E-state index contributed by atoms with van der Waals surface area (Å²) >= 11 is 1.62. The van der Waals surface area contributed by atoms with Gasteiger partial charge in [-0.1, -0.05) is 6.07 Å². The Morgan fingerprint density at radius 3 is 2.95 bits per heavy atom. The van der Waals surface area contributed by atoms with Crippen LogP contribution in [0.5, 0.6) is 0 Å². The van der Waals surface area contributed by atoms with E-state index in [4.69, 9.17) is 4.74 Å². The van der Waals surface area contributed by atoms with Crippen molar-refractivity contribution in [3.8, 4) is 0 Å². The van der Waals surface area contributed by atoms with E-state index in [1.807, 2.05) is 17.5 Å². The van der Waals surface area contributed by atoms with Crippen LogP contribution in [0.4, 0.5) is 0 Å². The van der Waals surface area contributed by atoms with Crippen molar-refractivity contribution in [2.24, 2.45) is 0 Å². The Hall–Kier alpha value is -1.40. The molecule has 0 aromatic carbocycles. The van der Waals surface area contributed by atoms with Gasteiger partial charge < -0.3 is 15.4 Å². The molecule has 0 aliphatic rings. The number of amides is 1. The van der Waals surface area contributed by atoms with Crippen LogP contribution in [-0.4, -0.2) is 31.6 Å². The minimum absolute atomic E-state index is 0.0375. The van der Waals surface area contributed by atoms with Crippen LogP contribution in [0.3, 0.4) is 0 Å². The average molecular weight is 284 g/mol. The third-order valence-electron chi connectivity index (χ3n) is 2.37. The number of thiophene rings is 1. The molecule has 0 bridgehead atoms. The topological polar surface area (TPSA) is 67.4 Å². The maximum absolute atomic E-state index is 11.5. The summed E-state index contributed by atoms with van der Waals surface area (Å²) in [5, 5.41) is 7.80. The minimum atomic E-state index is -0.188. The molecule has 1 aromatic heterocycles. The van der Waals surface area contributed by atoms with Gasteiger partial charge >= 0.3 is 5.97 Å². The van der Waals surface area contributed by atoms with E-state index in [2.05, 4.69) is 10.6 Å². The van der Waals surface area contributed by atoms with E-state index < -0.39 is 0 Å². The van der Waals surface area contributed by atoms with Gasteiger partial charge in [0.2, 0.25) is 5.91 Å².